The lowest BCUT2D eigenvalue weighted by Crippen LogP contribution is -2.32. The molecule has 0 saturated carbocycles. The summed E-state index contributed by atoms with van der Waals surface area (Å²) in [6.07, 6.45) is 2.01. The zero-order chi connectivity index (χ0) is 14.1. The molecular formula is C12H11N5O3. The van der Waals surface area contributed by atoms with E-state index in [1.807, 2.05) is 24.3 Å². The summed E-state index contributed by atoms with van der Waals surface area (Å²) in [5.74, 6) is -0.658. The van der Waals surface area contributed by atoms with Gasteiger partial charge in [-0.05, 0) is 23.0 Å². The van der Waals surface area contributed by atoms with Crippen LogP contribution in [0.3, 0.4) is 0 Å². The van der Waals surface area contributed by atoms with Crippen molar-refractivity contribution in [2.45, 2.75) is 13.0 Å². The molecule has 0 saturated heterocycles. The number of aromatic nitrogens is 3. The first kappa shape index (κ1) is 12.3. The summed E-state index contributed by atoms with van der Waals surface area (Å²) in [7, 11) is 0. The van der Waals surface area contributed by atoms with Crippen molar-refractivity contribution < 1.29 is 9.72 Å². The molecule has 3 rings (SSSR count). The minimum atomic E-state index is -0.688. The molecule has 20 heavy (non-hydrogen) atoms. The number of benzene rings is 1. The highest BCUT2D eigenvalue weighted by Crippen LogP contribution is 2.27. The largest absolute Gasteiger partial charge is 0.490 e. The van der Waals surface area contributed by atoms with Gasteiger partial charge in [-0.3, -0.25) is 4.79 Å². The van der Waals surface area contributed by atoms with Gasteiger partial charge in [0.25, 0.3) is 0 Å². The number of amides is 1. The number of hydrogen-bond donors (Lipinski definition) is 0. The Morgan fingerprint density at radius 1 is 1.40 bits per heavy atom. The van der Waals surface area contributed by atoms with Crippen molar-refractivity contribution in [3.8, 4) is 0 Å². The van der Waals surface area contributed by atoms with Gasteiger partial charge in [0.05, 0.1) is 0 Å². The molecule has 0 radical (unpaired) electrons. The highest BCUT2D eigenvalue weighted by molar-refractivity contribution is 5.95. The minimum Gasteiger partial charge on any atom is -0.390 e. The number of para-hydroxylation sites is 1. The quantitative estimate of drug-likeness (QED) is 0.608. The van der Waals surface area contributed by atoms with Gasteiger partial charge in [0, 0.05) is 17.3 Å². The molecule has 2 aromatic rings. The smallest absolute Gasteiger partial charge is 0.390 e. The van der Waals surface area contributed by atoms with Crippen LogP contribution in [0.2, 0.25) is 0 Å². The number of fused-ring (bicyclic) bond motifs is 1. The fraction of sp³-hybridized carbons (Fsp3) is 0.250. The third kappa shape index (κ3) is 2.11. The molecule has 1 aliphatic rings. The summed E-state index contributed by atoms with van der Waals surface area (Å²) in [5, 5.41) is 14.1. The van der Waals surface area contributed by atoms with E-state index in [1.165, 1.54) is 11.0 Å². The fourth-order valence-corrected chi connectivity index (χ4v) is 2.27. The van der Waals surface area contributed by atoms with Crippen molar-refractivity contribution in [2.75, 3.05) is 11.4 Å². The van der Waals surface area contributed by atoms with Gasteiger partial charge in [-0.2, -0.15) is 4.68 Å². The first-order valence-electron chi connectivity index (χ1n) is 6.07. The molecule has 1 aromatic carbocycles. The van der Waals surface area contributed by atoms with Crippen molar-refractivity contribution in [2.24, 2.45) is 0 Å². The summed E-state index contributed by atoms with van der Waals surface area (Å²) in [6, 6.07) is 7.70. The Balaban J connectivity index is 1.75. The van der Waals surface area contributed by atoms with Gasteiger partial charge < -0.3 is 15.0 Å². The second-order valence-electron chi connectivity index (χ2n) is 4.42. The first-order valence-corrected chi connectivity index (χ1v) is 6.07. The molecule has 0 aliphatic carbocycles. The van der Waals surface area contributed by atoms with Gasteiger partial charge in [0.1, 0.15) is 6.54 Å². The van der Waals surface area contributed by atoms with Crippen LogP contribution in [0, 0.1) is 10.1 Å². The van der Waals surface area contributed by atoms with E-state index in [1.54, 1.807) is 4.90 Å². The lowest BCUT2D eigenvalue weighted by atomic mass is 10.2. The lowest BCUT2D eigenvalue weighted by Gasteiger charge is -2.16. The van der Waals surface area contributed by atoms with Crippen LogP contribution in [-0.4, -0.2) is 32.1 Å². The maximum absolute atomic E-state index is 12.2. The molecule has 102 valence electrons. The Bertz CT molecular complexity index is 681. The summed E-state index contributed by atoms with van der Waals surface area (Å²) < 4.78 is 1.18. The molecule has 0 N–H and O–H groups in total. The molecule has 0 unspecified atom stereocenters. The van der Waals surface area contributed by atoms with Gasteiger partial charge in [-0.15, -0.1) is 0 Å². The number of carbonyl (C=O) groups excluding carboxylic acids is 1. The molecule has 0 bridgehead atoms. The monoisotopic (exact) mass is 273 g/mol. The van der Waals surface area contributed by atoms with E-state index in [0.29, 0.717) is 6.54 Å². The molecule has 8 heteroatoms. The van der Waals surface area contributed by atoms with E-state index >= 15 is 0 Å². The highest BCUT2D eigenvalue weighted by atomic mass is 16.6. The Morgan fingerprint density at radius 3 is 2.95 bits per heavy atom. The number of nitrogens with zero attached hydrogens (tertiary/aromatic N) is 5. The second-order valence-corrected chi connectivity index (χ2v) is 4.42. The van der Waals surface area contributed by atoms with E-state index in [2.05, 4.69) is 10.1 Å². The van der Waals surface area contributed by atoms with Gasteiger partial charge in [-0.25, -0.2) is 0 Å². The minimum absolute atomic E-state index is 0.0603. The van der Waals surface area contributed by atoms with Crippen LogP contribution in [0.15, 0.2) is 30.6 Å². The first-order chi connectivity index (χ1) is 9.65. The Kier molecular flexibility index (Phi) is 2.90. The maximum Gasteiger partial charge on any atom is 0.490 e. The number of anilines is 1. The van der Waals surface area contributed by atoms with E-state index in [0.717, 1.165) is 17.7 Å². The summed E-state index contributed by atoms with van der Waals surface area (Å²) in [5.41, 5.74) is 2.03. The van der Waals surface area contributed by atoms with E-state index in [-0.39, 0.29) is 12.5 Å². The van der Waals surface area contributed by atoms with Gasteiger partial charge in [0.2, 0.25) is 12.2 Å². The Labute approximate surface area is 113 Å². The molecule has 8 nitrogen and oxygen atoms in total. The molecule has 1 aliphatic heterocycles. The highest BCUT2D eigenvalue weighted by Gasteiger charge is 2.25. The van der Waals surface area contributed by atoms with Crippen LogP contribution in [0.5, 0.6) is 0 Å². The normalized spacial score (nSPS) is 13.3. The number of nitro groups is 1. The Morgan fingerprint density at radius 2 is 2.20 bits per heavy atom. The molecule has 1 aromatic heterocycles. The average Bonchev–Trinajstić information content (AvgIpc) is 3.04. The molecular weight excluding hydrogens is 262 g/mol. The van der Waals surface area contributed by atoms with E-state index in [9.17, 15) is 14.9 Å². The SMILES string of the molecule is O=C(Cn1cnc([N+](=O)[O-])n1)N1CCc2ccccc21. The van der Waals surface area contributed by atoms with Crippen molar-refractivity contribution >= 4 is 17.5 Å². The van der Waals surface area contributed by atoms with Crippen LogP contribution in [0.4, 0.5) is 11.6 Å². The topological polar surface area (TPSA) is 94.2 Å². The van der Waals surface area contributed by atoms with Crippen molar-refractivity contribution in [1.29, 1.82) is 0 Å². The molecule has 0 spiro atoms. The van der Waals surface area contributed by atoms with Crippen molar-refractivity contribution in [3.05, 3.63) is 46.3 Å². The van der Waals surface area contributed by atoms with Crippen LogP contribution in [0.1, 0.15) is 5.56 Å². The number of hydrogen-bond acceptors (Lipinski definition) is 5. The van der Waals surface area contributed by atoms with Crippen LogP contribution in [-0.2, 0) is 17.8 Å². The summed E-state index contributed by atoms with van der Waals surface area (Å²) in [6.45, 7) is 0.560. The predicted octanol–water partition coefficient (Wildman–Crippen LogP) is 0.776. The number of carbonyl (C=O) groups is 1. The molecule has 0 fully saturated rings. The van der Waals surface area contributed by atoms with Gasteiger partial charge in [-0.1, -0.05) is 23.2 Å². The molecule has 1 amide bonds. The van der Waals surface area contributed by atoms with Crippen LogP contribution in [0.25, 0.3) is 0 Å². The van der Waals surface area contributed by atoms with Crippen molar-refractivity contribution in [1.82, 2.24) is 14.8 Å². The van der Waals surface area contributed by atoms with Crippen LogP contribution >= 0.6 is 0 Å². The third-order valence-electron chi connectivity index (χ3n) is 3.17. The van der Waals surface area contributed by atoms with E-state index < -0.39 is 10.9 Å². The predicted molar refractivity (Wildman–Crippen MR) is 69.2 cm³/mol. The van der Waals surface area contributed by atoms with Crippen LogP contribution < -0.4 is 4.90 Å². The second kappa shape index (κ2) is 4.72. The summed E-state index contributed by atoms with van der Waals surface area (Å²) >= 11 is 0. The zero-order valence-electron chi connectivity index (χ0n) is 10.5. The zero-order valence-corrected chi connectivity index (χ0v) is 10.5. The third-order valence-corrected chi connectivity index (χ3v) is 3.17. The van der Waals surface area contributed by atoms with Gasteiger partial charge >= 0.3 is 5.95 Å². The Hall–Kier alpha value is -2.77. The molecule has 0 atom stereocenters. The molecule has 2 heterocycles. The lowest BCUT2D eigenvalue weighted by molar-refractivity contribution is -0.394. The summed E-state index contributed by atoms with van der Waals surface area (Å²) in [4.78, 5) is 27.2. The number of rotatable bonds is 3. The standard InChI is InChI=1S/C12H11N5O3/c18-11(7-15-8-13-12(14-15)17(19)20)16-6-5-9-3-1-2-4-10(9)16/h1-4,8H,5-7H2. The van der Waals surface area contributed by atoms with E-state index in [4.69, 9.17) is 0 Å². The average molecular weight is 273 g/mol. The fourth-order valence-electron chi connectivity index (χ4n) is 2.27. The van der Waals surface area contributed by atoms with Crippen molar-refractivity contribution in [3.63, 3.8) is 0 Å². The maximum atomic E-state index is 12.2. The van der Waals surface area contributed by atoms with Gasteiger partial charge in [0.15, 0.2) is 0 Å².